The van der Waals surface area contributed by atoms with E-state index in [1.54, 1.807) is 42.5 Å². The molecule has 7 nitrogen and oxygen atoms in total. The first-order chi connectivity index (χ1) is 14.8. The minimum absolute atomic E-state index is 0.271. The van der Waals surface area contributed by atoms with E-state index in [2.05, 4.69) is 10.6 Å². The van der Waals surface area contributed by atoms with Gasteiger partial charge in [0, 0.05) is 19.2 Å². The molecule has 0 unspecified atom stereocenters. The van der Waals surface area contributed by atoms with Gasteiger partial charge in [-0.25, -0.2) is 8.42 Å². The summed E-state index contributed by atoms with van der Waals surface area (Å²) in [5.74, 6) is -0.766. The van der Waals surface area contributed by atoms with Gasteiger partial charge in [-0.3, -0.25) is 13.9 Å². The Kier molecular flexibility index (Phi) is 6.71. The van der Waals surface area contributed by atoms with Crippen molar-refractivity contribution < 1.29 is 18.0 Å². The van der Waals surface area contributed by atoms with Gasteiger partial charge in [0.05, 0.1) is 23.2 Å². The molecule has 0 aliphatic carbocycles. The smallest absolute Gasteiger partial charge is 0.255 e. The number of amides is 2. The molecule has 0 fully saturated rings. The van der Waals surface area contributed by atoms with Gasteiger partial charge in [0.1, 0.15) is 0 Å². The maximum absolute atomic E-state index is 12.8. The summed E-state index contributed by atoms with van der Waals surface area (Å²) in [4.78, 5) is 25.5. The second-order valence-corrected chi connectivity index (χ2v) is 8.96. The molecular formula is C23H23N3O4S. The molecule has 3 aromatic rings. The van der Waals surface area contributed by atoms with Crippen molar-refractivity contribution in [2.24, 2.45) is 0 Å². The molecule has 0 radical (unpaired) electrons. The Morgan fingerprint density at radius 1 is 0.871 bits per heavy atom. The van der Waals surface area contributed by atoms with Gasteiger partial charge in [-0.15, -0.1) is 0 Å². The van der Waals surface area contributed by atoms with Crippen LogP contribution in [0.15, 0.2) is 78.9 Å². The lowest BCUT2D eigenvalue weighted by molar-refractivity contribution is 0.0951. The van der Waals surface area contributed by atoms with Crippen molar-refractivity contribution in [3.63, 3.8) is 0 Å². The van der Waals surface area contributed by atoms with Crippen LogP contribution in [0.2, 0.25) is 0 Å². The molecule has 2 N–H and O–H groups in total. The van der Waals surface area contributed by atoms with Crippen molar-refractivity contribution in [2.45, 2.75) is 6.54 Å². The fourth-order valence-electron chi connectivity index (χ4n) is 2.89. The molecule has 0 atom stereocenters. The molecule has 31 heavy (non-hydrogen) atoms. The van der Waals surface area contributed by atoms with Crippen molar-refractivity contribution in [3.8, 4) is 0 Å². The molecule has 0 saturated carbocycles. The number of anilines is 2. The number of carbonyl (C=O) groups is 2. The van der Waals surface area contributed by atoms with Crippen LogP contribution in [-0.4, -0.2) is 33.5 Å². The largest absolute Gasteiger partial charge is 0.348 e. The Morgan fingerprint density at radius 2 is 1.55 bits per heavy atom. The van der Waals surface area contributed by atoms with E-state index >= 15 is 0 Å². The zero-order valence-corrected chi connectivity index (χ0v) is 18.0. The van der Waals surface area contributed by atoms with Crippen molar-refractivity contribution >= 4 is 33.2 Å². The molecule has 3 aromatic carbocycles. The second kappa shape index (κ2) is 9.44. The van der Waals surface area contributed by atoms with Crippen molar-refractivity contribution in [1.29, 1.82) is 0 Å². The Bertz CT molecular complexity index is 1190. The monoisotopic (exact) mass is 437 g/mol. The summed E-state index contributed by atoms with van der Waals surface area (Å²) in [5.41, 5.74) is 2.29. The first-order valence-corrected chi connectivity index (χ1v) is 11.4. The van der Waals surface area contributed by atoms with E-state index in [1.807, 2.05) is 30.3 Å². The van der Waals surface area contributed by atoms with E-state index in [0.717, 1.165) is 16.1 Å². The van der Waals surface area contributed by atoms with Crippen LogP contribution in [0.3, 0.4) is 0 Å². The van der Waals surface area contributed by atoms with Gasteiger partial charge in [0.15, 0.2) is 0 Å². The highest BCUT2D eigenvalue weighted by molar-refractivity contribution is 7.92. The predicted molar refractivity (Wildman–Crippen MR) is 122 cm³/mol. The third-order valence-corrected chi connectivity index (χ3v) is 5.89. The number of nitrogens with zero attached hydrogens (tertiary/aromatic N) is 1. The fourth-order valence-corrected chi connectivity index (χ4v) is 3.39. The summed E-state index contributed by atoms with van der Waals surface area (Å²) >= 11 is 0. The minimum Gasteiger partial charge on any atom is -0.348 e. The highest BCUT2D eigenvalue weighted by atomic mass is 32.2. The number of nitrogens with one attached hydrogen (secondary N) is 2. The summed E-state index contributed by atoms with van der Waals surface area (Å²) < 4.78 is 24.6. The van der Waals surface area contributed by atoms with E-state index in [1.165, 1.54) is 13.1 Å². The summed E-state index contributed by atoms with van der Waals surface area (Å²) in [5, 5.41) is 5.59. The topological polar surface area (TPSA) is 95.6 Å². The third kappa shape index (κ3) is 5.70. The molecule has 160 valence electrons. The van der Waals surface area contributed by atoms with Gasteiger partial charge >= 0.3 is 0 Å². The molecule has 0 saturated heterocycles. The zero-order valence-electron chi connectivity index (χ0n) is 17.2. The zero-order chi connectivity index (χ0) is 22.4. The van der Waals surface area contributed by atoms with Crippen molar-refractivity contribution in [1.82, 2.24) is 5.32 Å². The van der Waals surface area contributed by atoms with Gasteiger partial charge < -0.3 is 10.6 Å². The van der Waals surface area contributed by atoms with Crippen molar-refractivity contribution in [3.05, 3.63) is 95.6 Å². The van der Waals surface area contributed by atoms with Crippen LogP contribution in [0.4, 0.5) is 11.4 Å². The van der Waals surface area contributed by atoms with Crippen LogP contribution in [0.25, 0.3) is 0 Å². The average molecular weight is 438 g/mol. The third-order valence-electron chi connectivity index (χ3n) is 4.69. The van der Waals surface area contributed by atoms with E-state index in [9.17, 15) is 18.0 Å². The first-order valence-electron chi connectivity index (χ1n) is 9.52. The quantitative estimate of drug-likeness (QED) is 0.593. The van der Waals surface area contributed by atoms with E-state index in [0.29, 0.717) is 23.5 Å². The van der Waals surface area contributed by atoms with Crippen LogP contribution in [0, 0.1) is 0 Å². The standard InChI is InChI=1S/C23H23N3O4S/c1-26(31(2,29)30)19-12-8-11-18(15-19)22(27)25-21-14-7-6-13-20(21)23(28)24-16-17-9-4-3-5-10-17/h3-15H,16H2,1-2H3,(H,24,28)(H,25,27). The molecule has 3 rings (SSSR count). The van der Waals surface area contributed by atoms with Gasteiger partial charge in [-0.1, -0.05) is 48.5 Å². The van der Waals surface area contributed by atoms with E-state index in [4.69, 9.17) is 0 Å². The Labute approximate surface area is 181 Å². The van der Waals surface area contributed by atoms with E-state index in [-0.39, 0.29) is 11.5 Å². The predicted octanol–water partition coefficient (Wildman–Crippen LogP) is 3.26. The lowest BCUT2D eigenvalue weighted by Gasteiger charge is -2.17. The Balaban J connectivity index is 1.76. The fraction of sp³-hybridized carbons (Fsp3) is 0.130. The summed E-state index contributed by atoms with van der Waals surface area (Å²) in [7, 11) is -2.04. The molecule has 0 aromatic heterocycles. The number of hydrogen-bond acceptors (Lipinski definition) is 4. The minimum atomic E-state index is -3.46. The Morgan fingerprint density at radius 3 is 2.26 bits per heavy atom. The highest BCUT2D eigenvalue weighted by Crippen LogP contribution is 2.20. The lowest BCUT2D eigenvalue weighted by atomic mass is 10.1. The number of hydrogen-bond donors (Lipinski definition) is 2. The molecule has 0 spiro atoms. The maximum Gasteiger partial charge on any atom is 0.255 e. The van der Waals surface area contributed by atoms with Crippen LogP contribution in [-0.2, 0) is 16.6 Å². The van der Waals surface area contributed by atoms with Gasteiger partial charge in [-0.05, 0) is 35.9 Å². The van der Waals surface area contributed by atoms with Gasteiger partial charge in [0.25, 0.3) is 11.8 Å². The van der Waals surface area contributed by atoms with Crippen LogP contribution >= 0.6 is 0 Å². The van der Waals surface area contributed by atoms with Gasteiger partial charge in [0.2, 0.25) is 10.0 Å². The van der Waals surface area contributed by atoms with Crippen LogP contribution in [0.1, 0.15) is 26.3 Å². The first kappa shape index (κ1) is 22.0. The molecule has 0 heterocycles. The number of sulfonamides is 1. The molecule has 2 amide bonds. The Hall–Kier alpha value is -3.65. The van der Waals surface area contributed by atoms with Crippen LogP contribution < -0.4 is 14.9 Å². The van der Waals surface area contributed by atoms with E-state index < -0.39 is 15.9 Å². The number of para-hydroxylation sites is 1. The number of carbonyl (C=O) groups excluding carboxylic acids is 2. The summed E-state index contributed by atoms with van der Waals surface area (Å²) in [6.45, 7) is 0.363. The van der Waals surface area contributed by atoms with Crippen LogP contribution in [0.5, 0.6) is 0 Å². The molecule has 0 aliphatic heterocycles. The van der Waals surface area contributed by atoms with Gasteiger partial charge in [-0.2, -0.15) is 0 Å². The maximum atomic E-state index is 12.8. The molecule has 0 bridgehead atoms. The molecule has 0 aliphatic rings. The second-order valence-electron chi connectivity index (χ2n) is 6.95. The van der Waals surface area contributed by atoms with Crippen molar-refractivity contribution in [2.75, 3.05) is 22.9 Å². The molecule has 8 heteroatoms. The lowest BCUT2D eigenvalue weighted by Crippen LogP contribution is -2.26. The normalized spacial score (nSPS) is 10.9. The SMILES string of the molecule is CN(c1cccc(C(=O)Nc2ccccc2C(=O)NCc2ccccc2)c1)S(C)(=O)=O. The number of benzene rings is 3. The summed E-state index contributed by atoms with van der Waals surface area (Å²) in [6, 6.07) is 22.5. The highest BCUT2D eigenvalue weighted by Gasteiger charge is 2.16. The molecular weight excluding hydrogens is 414 g/mol. The summed E-state index contributed by atoms with van der Waals surface area (Å²) in [6.07, 6.45) is 1.09. The average Bonchev–Trinajstić information content (AvgIpc) is 2.77. The number of rotatable bonds is 7.